The monoisotopic (exact) mass is 326 g/mol. The van der Waals surface area contributed by atoms with Gasteiger partial charge in [0.25, 0.3) is 5.91 Å². The van der Waals surface area contributed by atoms with Gasteiger partial charge in [-0.05, 0) is 74.2 Å². The van der Waals surface area contributed by atoms with Crippen molar-refractivity contribution in [1.29, 1.82) is 0 Å². The zero-order valence-electron chi connectivity index (χ0n) is 14.2. The van der Waals surface area contributed by atoms with Crippen molar-refractivity contribution < 1.29 is 9.18 Å². The minimum absolute atomic E-state index is 0.112. The van der Waals surface area contributed by atoms with Crippen LogP contribution in [0.4, 0.5) is 4.39 Å². The van der Waals surface area contributed by atoms with Crippen molar-refractivity contribution in [1.82, 2.24) is 10.6 Å². The van der Waals surface area contributed by atoms with Gasteiger partial charge in [0.1, 0.15) is 5.82 Å². The molecule has 0 unspecified atom stereocenters. The van der Waals surface area contributed by atoms with Gasteiger partial charge in [0, 0.05) is 6.04 Å². The molecule has 2 N–H and O–H groups in total. The summed E-state index contributed by atoms with van der Waals surface area (Å²) in [7, 11) is 0. The van der Waals surface area contributed by atoms with E-state index in [1.807, 2.05) is 38.1 Å². The summed E-state index contributed by atoms with van der Waals surface area (Å²) in [4.78, 5) is 12.3. The normalized spacial score (nSPS) is 15.3. The fourth-order valence-electron chi connectivity index (χ4n) is 3.03. The number of hydrogen-bond acceptors (Lipinski definition) is 2. The molecule has 0 atom stereocenters. The predicted octanol–water partition coefficient (Wildman–Crippen LogP) is 3.59. The van der Waals surface area contributed by atoms with Crippen molar-refractivity contribution in [3.05, 3.63) is 58.9 Å². The van der Waals surface area contributed by atoms with Gasteiger partial charge in [0.2, 0.25) is 0 Å². The van der Waals surface area contributed by atoms with Crippen LogP contribution in [-0.4, -0.2) is 25.0 Å². The molecule has 1 aliphatic rings. The van der Waals surface area contributed by atoms with Gasteiger partial charge in [0.15, 0.2) is 0 Å². The van der Waals surface area contributed by atoms with Crippen LogP contribution in [0.1, 0.15) is 34.3 Å². The second-order valence-electron chi connectivity index (χ2n) is 6.49. The zero-order valence-corrected chi connectivity index (χ0v) is 14.2. The molecule has 3 rings (SSSR count). The van der Waals surface area contributed by atoms with Gasteiger partial charge in [-0.1, -0.05) is 24.3 Å². The van der Waals surface area contributed by atoms with E-state index in [0.717, 1.165) is 37.1 Å². The van der Waals surface area contributed by atoms with E-state index in [2.05, 4.69) is 10.6 Å². The Hall–Kier alpha value is -2.20. The molecule has 126 valence electrons. The van der Waals surface area contributed by atoms with Crippen molar-refractivity contribution in [3.63, 3.8) is 0 Å². The molecule has 1 aliphatic heterocycles. The zero-order chi connectivity index (χ0) is 17.1. The molecule has 24 heavy (non-hydrogen) atoms. The number of hydrogen-bond donors (Lipinski definition) is 2. The number of amides is 1. The number of carbonyl (C=O) groups is 1. The van der Waals surface area contributed by atoms with E-state index < -0.39 is 5.82 Å². The summed E-state index contributed by atoms with van der Waals surface area (Å²) in [5.41, 5.74) is 4.23. The minimum Gasteiger partial charge on any atom is -0.349 e. The van der Waals surface area contributed by atoms with Crippen molar-refractivity contribution in [2.75, 3.05) is 13.1 Å². The second kappa shape index (κ2) is 7.14. The third kappa shape index (κ3) is 3.65. The van der Waals surface area contributed by atoms with Crippen molar-refractivity contribution >= 4 is 5.91 Å². The van der Waals surface area contributed by atoms with Crippen LogP contribution in [-0.2, 0) is 0 Å². The summed E-state index contributed by atoms with van der Waals surface area (Å²) < 4.78 is 14.4. The molecule has 1 saturated heterocycles. The maximum atomic E-state index is 14.4. The van der Waals surface area contributed by atoms with E-state index in [9.17, 15) is 9.18 Å². The molecule has 1 fully saturated rings. The Kier molecular flexibility index (Phi) is 4.95. The summed E-state index contributed by atoms with van der Waals surface area (Å²) in [6.07, 6.45) is 1.77. The standard InChI is InChI=1S/C20H23FN2O/c1-13-3-4-15(11-14(13)2)16-5-6-18(19(21)12-16)20(24)23-17-7-9-22-10-8-17/h3-6,11-12,17,22H,7-10H2,1-2H3,(H,23,24). The van der Waals surface area contributed by atoms with Crippen LogP contribution in [0.25, 0.3) is 11.1 Å². The van der Waals surface area contributed by atoms with Crippen LogP contribution in [0.5, 0.6) is 0 Å². The predicted molar refractivity (Wildman–Crippen MR) is 94.7 cm³/mol. The maximum absolute atomic E-state index is 14.4. The molecular weight excluding hydrogens is 303 g/mol. The van der Waals surface area contributed by atoms with E-state index >= 15 is 0 Å². The molecule has 0 aromatic heterocycles. The van der Waals surface area contributed by atoms with E-state index in [4.69, 9.17) is 0 Å². The van der Waals surface area contributed by atoms with Gasteiger partial charge in [0.05, 0.1) is 5.56 Å². The van der Waals surface area contributed by atoms with Gasteiger partial charge in [-0.15, -0.1) is 0 Å². The Balaban J connectivity index is 1.78. The Morgan fingerprint density at radius 1 is 1.04 bits per heavy atom. The number of nitrogens with one attached hydrogen (secondary N) is 2. The number of carbonyl (C=O) groups excluding carboxylic acids is 1. The molecule has 0 radical (unpaired) electrons. The molecule has 0 saturated carbocycles. The minimum atomic E-state index is -0.475. The fourth-order valence-corrected chi connectivity index (χ4v) is 3.03. The smallest absolute Gasteiger partial charge is 0.254 e. The van der Waals surface area contributed by atoms with Crippen LogP contribution in [0, 0.1) is 19.7 Å². The first kappa shape index (κ1) is 16.7. The Labute approximate surface area is 142 Å². The lowest BCUT2D eigenvalue weighted by molar-refractivity contribution is 0.0925. The van der Waals surface area contributed by atoms with Gasteiger partial charge >= 0.3 is 0 Å². The average molecular weight is 326 g/mol. The molecule has 0 spiro atoms. The first-order valence-electron chi connectivity index (χ1n) is 8.43. The highest BCUT2D eigenvalue weighted by Crippen LogP contribution is 2.24. The Bertz CT molecular complexity index is 751. The number of rotatable bonds is 3. The van der Waals surface area contributed by atoms with E-state index in [-0.39, 0.29) is 17.5 Å². The molecular formula is C20H23FN2O. The largest absolute Gasteiger partial charge is 0.349 e. The topological polar surface area (TPSA) is 41.1 Å². The summed E-state index contributed by atoms with van der Waals surface area (Å²) in [5, 5.41) is 6.18. The molecule has 4 heteroatoms. The lowest BCUT2D eigenvalue weighted by Crippen LogP contribution is -2.42. The molecule has 0 bridgehead atoms. The van der Waals surface area contributed by atoms with Gasteiger partial charge in [-0.25, -0.2) is 4.39 Å². The number of benzene rings is 2. The van der Waals surface area contributed by atoms with Gasteiger partial charge in [-0.3, -0.25) is 4.79 Å². The number of halogens is 1. The van der Waals surface area contributed by atoms with Gasteiger partial charge < -0.3 is 10.6 Å². The van der Waals surface area contributed by atoms with Crippen molar-refractivity contribution in [3.8, 4) is 11.1 Å². The quantitative estimate of drug-likeness (QED) is 0.905. The second-order valence-corrected chi connectivity index (χ2v) is 6.49. The lowest BCUT2D eigenvalue weighted by atomic mass is 9.99. The highest BCUT2D eigenvalue weighted by atomic mass is 19.1. The summed E-state index contributed by atoms with van der Waals surface area (Å²) in [6, 6.07) is 11.0. The van der Waals surface area contributed by atoms with Crippen LogP contribution in [0.15, 0.2) is 36.4 Å². The molecule has 2 aromatic carbocycles. The fraction of sp³-hybridized carbons (Fsp3) is 0.350. The molecule has 2 aromatic rings. The number of piperidine rings is 1. The Morgan fingerprint density at radius 2 is 1.71 bits per heavy atom. The Morgan fingerprint density at radius 3 is 2.38 bits per heavy atom. The summed E-state index contributed by atoms with van der Waals surface area (Å²) >= 11 is 0. The van der Waals surface area contributed by atoms with E-state index in [1.54, 1.807) is 6.07 Å². The first-order valence-corrected chi connectivity index (χ1v) is 8.43. The third-order valence-corrected chi connectivity index (χ3v) is 4.73. The maximum Gasteiger partial charge on any atom is 0.254 e. The lowest BCUT2D eigenvalue weighted by Gasteiger charge is -2.23. The molecule has 3 nitrogen and oxygen atoms in total. The molecule has 1 heterocycles. The first-order chi connectivity index (χ1) is 11.5. The summed E-state index contributed by atoms with van der Waals surface area (Å²) in [6.45, 7) is 5.86. The molecule has 0 aliphatic carbocycles. The van der Waals surface area contributed by atoms with Crippen LogP contribution >= 0.6 is 0 Å². The van der Waals surface area contributed by atoms with Crippen molar-refractivity contribution in [2.24, 2.45) is 0 Å². The van der Waals surface area contributed by atoms with E-state index in [0.29, 0.717) is 0 Å². The molecule has 1 amide bonds. The van der Waals surface area contributed by atoms with Crippen LogP contribution in [0.3, 0.4) is 0 Å². The SMILES string of the molecule is Cc1ccc(-c2ccc(C(=O)NC3CCNCC3)c(F)c2)cc1C. The van der Waals surface area contributed by atoms with Crippen LogP contribution < -0.4 is 10.6 Å². The van der Waals surface area contributed by atoms with E-state index in [1.165, 1.54) is 17.2 Å². The summed E-state index contributed by atoms with van der Waals surface area (Å²) in [5.74, 6) is -0.803. The average Bonchev–Trinajstić information content (AvgIpc) is 2.58. The highest BCUT2D eigenvalue weighted by molar-refractivity contribution is 5.95. The van der Waals surface area contributed by atoms with Crippen molar-refractivity contribution in [2.45, 2.75) is 32.7 Å². The van der Waals surface area contributed by atoms with Gasteiger partial charge in [-0.2, -0.15) is 0 Å². The highest BCUT2D eigenvalue weighted by Gasteiger charge is 2.19. The van der Waals surface area contributed by atoms with Crippen LogP contribution in [0.2, 0.25) is 0 Å². The third-order valence-electron chi connectivity index (χ3n) is 4.73. The number of aryl methyl sites for hydroxylation is 2.